The number of carbonyl (C=O) groups is 1. The summed E-state index contributed by atoms with van der Waals surface area (Å²) in [5.74, 6) is 0.765. The first-order valence-corrected chi connectivity index (χ1v) is 13.0. The molecule has 3 aliphatic rings. The van der Waals surface area contributed by atoms with Gasteiger partial charge < -0.3 is 29.6 Å². The molecule has 7 rings (SSSR count). The number of amides is 1. The van der Waals surface area contributed by atoms with Crippen LogP contribution in [-0.4, -0.2) is 82.1 Å². The minimum Gasteiger partial charge on any atom is -0.422 e. The van der Waals surface area contributed by atoms with E-state index in [0.717, 1.165) is 37.3 Å². The Labute approximate surface area is 219 Å². The van der Waals surface area contributed by atoms with E-state index < -0.39 is 0 Å². The van der Waals surface area contributed by atoms with E-state index >= 15 is 0 Å². The van der Waals surface area contributed by atoms with Gasteiger partial charge in [-0.05, 0) is 31.5 Å². The second-order valence-corrected chi connectivity index (χ2v) is 10.2. The normalized spacial score (nSPS) is 18.8. The summed E-state index contributed by atoms with van der Waals surface area (Å²) in [7, 11) is 1.86. The predicted octanol–water partition coefficient (Wildman–Crippen LogP) is 2.05. The maximum absolute atomic E-state index is 13.7. The third kappa shape index (κ3) is 4.15. The highest BCUT2D eigenvalue weighted by atomic mass is 16.5. The number of nitrogens with zero attached hydrogens (tertiary/aromatic N) is 7. The van der Waals surface area contributed by atoms with Gasteiger partial charge in [0.05, 0.1) is 36.2 Å². The number of oxazole rings is 1. The molecule has 4 aromatic rings. The number of aromatic nitrogens is 5. The molecule has 196 valence electrons. The molecule has 0 aliphatic carbocycles. The van der Waals surface area contributed by atoms with Crippen LogP contribution >= 0.6 is 0 Å². The van der Waals surface area contributed by atoms with Crippen LogP contribution in [-0.2, 0) is 11.8 Å². The highest BCUT2D eigenvalue weighted by Gasteiger charge is 2.46. The van der Waals surface area contributed by atoms with Gasteiger partial charge in [-0.25, -0.2) is 9.97 Å². The van der Waals surface area contributed by atoms with E-state index in [-0.39, 0.29) is 11.4 Å². The second-order valence-electron chi connectivity index (χ2n) is 10.2. The number of anilines is 3. The van der Waals surface area contributed by atoms with Crippen molar-refractivity contribution >= 4 is 34.8 Å². The zero-order chi connectivity index (χ0) is 25.7. The van der Waals surface area contributed by atoms with Crippen LogP contribution in [0.25, 0.3) is 22.5 Å². The molecule has 1 amide bonds. The van der Waals surface area contributed by atoms with Crippen molar-refractivity contribution in [3.63, 3.8) is 0 Å². The van der Waals surface area contributed by atoms with Crippen LogP contribution in [0.2, 0.25) is 0 Å². The lowest BCUT2D eigenvalue weighted by Gasteiger charge is -2.49. The summed E-state index contributed by atoms with van der Waals surface area (Å²) >= 11 is 0. The summed E-state index contributed by atoms with van der Waals surface area (Å²) in [5.41, 5.74) is 3.12. The van der Waals surface area contributed by atoms with E-state index in [9.17, 15) is 4.79 Å². The quantitative estimate of drug-likeness (QED) is 0.408. The van der Waals surface area contributed by atoms with E-state index in [2.05, 4.69) is 30.6 Å². The Morgan fingerprint density at radius 3 is 2.76 bits per heavy atom. The number of pyridine rings is 2. The molecule has 4 aromatic heterocycles. The molecular weight excluding hydrogens is 486 g/mol. The minimum absolute atomic E-state index is 0.104. The maximum Gasteiger partial charge on any atom is 0.300 e. The summed E-state index contributed by atoms with van der Waals surface area (Å²) in [6.07, 6.45) is 5.93. The number of hydrogen-bond donors (Lipinski definition) is 2. The lowest BCUT2D eigenvalue weighted by atomic mass is 9.88. The van der Waals surface area contributed by atoms with E-state index in [1.54, 1.807) is 23.0 Å². The molecule has 38 heavy (non-hydrogen) atoms. The Kier molecular flexibility index (Phi) is 5.51. The molecule has 0 unspecified atom stereocenters. The van der Waals surface area contributed by atoms with Gasteiger partial charge in [0.1, 0.15) is 11.6 Å². The van der Waals surface area contributed by atoms with Crippen LogP contribution in [0.5, 0.6) is 0 Å². The molecule has 3 saturated heterocycles. The van der Waals surface area contributed by atoms with Gasteiger partial charge in [-0.3, -0.25) is 9.48 Å². The van der Waals surface area contributed by atoms with Crippen LogP contribution in [0.15, 0.2) is 41.1 Å². The number of hydrogen-bond acceptors (Lipinski definition) is 10. The molecule has 0 saturated carbocycles. The highest BCUT2D eigenvalue weighted by Crippen LogP contribution is 2.36. The fourth-order valence-electron chi connectivity index (χ4n) is 5.52. The Morgan fingerprint density at radius 1 is 1.13 bits per heavy atom. The highest BCUT2D eigenvalue weighted by molar-refractivity contribution is 6.09. The summed E-state index contributed by atoms with van der Waals surface area (Å²) in [6, 6.07) is 7.78. The maximum atomic E-state index is 13.7. The summed E-state index contributed by atoms with van der Waals surface area (Å²) in [6.45, 7) is 5.28. The largest absolute Gasteiger partial charge is 0.422 e. The van der Waals surface area contributed by atoms with Crippen LogP contribution in [0.3, 0.4) is 0 Å². The summed E-state index contributed by atoms with van der Waals surface area (Å²) in [4.78, 5) is 32.0. The Hall–Kier alpha value is -4.03. The fourth-order valence-corrected chi connectivity index (χ4v) is 5.52. The monoisotopic (exact) mass is 515 g/mol. The van der Waals surface area contributed by atoms with Gasteiger partial charge in [0, 0.05) is 51.1 Å². The summed E-state index contributed by atoms with van der Waals surface area (Å²) < 4.78 is 13.2. The second kappa shape index (κ2) is 9.07. The number of aryl methyl sites for hydroxylation is 1. The number of carbonyl (C=O) groups excluding carboxylic acids is 1. The zero-order valence-electron chi connectivity index (χ0n) is 21.2. The van der Waals surface area contributed by atoms with Crippen molar-refractivity contribution in [1.82, 2.24) is 30.0 Å². The van der Waals surface area contributed by atoms with E-state index in [4.69, 9.17) is 14.1 Å². The first-order chi connectivity index (χ1) is 18.6. The average molecular weight is 516 g/mol. The molecule has 3 aliphatic heterocycles. The lowest BCUT2D eigenvalue weighted by molar-refractivity contribution is 0.102. The topological polar surface area (TPSA) is 126 Å². The number of nitrogens with one attached hydrogen (secondary N) is 2. The Morgan fingerprint density at radius 2 is 2.00 bits per heavy atom. The van der Waals surface area contributed by atoms with Gasteiger partial charge >= 0.3 is 0 Å². The van der Waals surface area contributed by atoms with Crippen molar-refractivity contribution in [3.05, 3.63) is 42.2 Å². The molecule has 1 spiro atoms. The van der Waals surface area contributed by atoms with Gasteiger partial charge in [0.15, 0.2) is 5.58 Å². The molecule has 0 radical (unpaired) electrons. The van der Waals surface area contributed by atoms with Crippen LogP contribution in [0.4, 0.5) is 17.7 Å². The number of fused-ring (bicyclic) bond motifs is 1. The van der Waals surface area contributed by atoms with Crippen molar-refractivity contribution in [2.75, 3.05) is 61.1 Å². The predicted molar refractivity (Wildman–Crippen MR) is 141 cm³/mol. The third-order valence-electron chi connectivity index (χ3n) is 7.49. The molecule has 7 heterocycles. The van der Waals surface area contributed by atoms with Gasteiger partial charge in [0.2, 0.25) is 5.65 Å². The molecule has 12 nitrogen and oxygen atoms in total. The molecule has 2 N–H and O–H groups in total. The van der Waals surface area contributed by atoms with Crippen molar-refractivity contribution < 1.29 is 13.9 Å². The van der Waals surface area contributed by atoms with E-state index in [1.807, 2.05) is 30.3 Å². The Bertz CT molecular complexity index is 1490. The van der Waals surface area contributed by atoms with Crippen molar-refractivity contribution in [3.8, 4) is 11.3 Å². The van der Waals surface area contributed by atoms with Crippen LogP contribution < -0.4 is 20.4 Å². The average Bonchev–Trinajstić information content (AvgIpc) is 3.67. The first-order valence-electron chi connectivity index (χ1n) is 13.0. The Balaban J connectivity index is 1.21. The van der Waals surface area contributed by atoms with E-state index in [1.165, 1.54) is 6.42 Å². The van der Waals surface area contributed by atoms with Gasteiger partial charge in [-0.2, -0.15) is 10.1 Å². The lowest BCUT2D eigenvalue weighted by Crippen LogP contribution is -2.67. The van der Waals surface area contributed by atoms with Gasteiger partial charge in [-0.15, -0.1) is 0 Å². The van der Waals surface area contributed by atoms with Gasteiger partial charge in [-0.1, -0.05) is 6.07 Å². The minimum atomic E-state index is -0.296. The number of morpholine rings is 1. The standard InChI is InChI=1S/C26H29N9O3/c1-33-14-17(13-28-33)19-4-2-5-21(29-19)30-24(36)18-12-20-22(32-25(38-20)34-8-10-37-11-9-34)31-23(18)35-15-26(16-35)6-3-7-27-26/h2,4-5,12-14,27H,3,6-11,15-16H2,1H3,(H,29,30,36). The molecule has 0 atom stereocenters. The molecule has 0 bridgehead atoms. The first kappa shape index (κ1) is 23.1. The van der Waals surface area contributed by atoms with Crippen LogP contribution in [0, 0.1) is 0 Å². The SMILES string of the molecule is Cn1cc(-c2cccc(NC(=O)c3cc4oc(N5CCOCC5)nc4nc3N3CC4(CCCN4)C3)n2)cn1. The smallest absolute Gasteiger partial charge is 0.300 e. The molecular formula is C26H29N9O3. The van der Waals surface area contributed by atoms with Gasteiger partial charge in [0.25, 0.3) is 11.9 Å². The van der Waals surface area contributed by atoms with Crippen LogP contribution in [0.1, 0.15) is 23.2 Å². The molecule has 0 aromatic carbocycles. The summed E-state index contributed by atoms with van der Waals surface area (Å²) in [5, 5.41) is 10.8. The van der Waals surface area contributed by atoms with Crippen molar-refractivity contribution in [2.24, 2.45) is 7.05 Å². The fraction of sp³-hybridized carbons (Fsp3) is 0.423. The van der Waals surface area contributed by atoms with Crippen molar-refractivity contribution in [1.29, 1.82) is 0 Å². The number of rotatable bonds is 5. The van der Waals surface area contributed by atoms with Crippen molar-refractivity contribution in [2.45, 2.75) is 18.4 Å². The zero-order valence-corrected chi connectivity index (χ0v) is 21.2. The molecule has 12 heteroatoms. The third-order valence-corrected chi connectivity index (χ3v) is 7.49. The number of ether oxygens (including phenoxy) is 1. The van der Waals surface area contributed by atoms with E-state index in [0.29, 0.717) is 60.7 Å². The molecule has 3 fully saturated rings.